The van der Waals surface area contributed by atoms with E-state index in [4.69, 9.17) is 11.6 Å². The predicted octanol–water partition coefficient (Wildman–Crippen LogP) is 3.98. The van der Waals surface area contributed by atoms with E-state index in [1.807, 2.05) is 0 Å². The van der Waals surface area contributed by atoms with E-state index < -0.39 is 17.5 Å². The van der Waals surface area contributed by atoms with Crippen LogP contribution in [0.5, 0.6) is 0 Å². The van der Waals surface area contributed by atoms with Crippen LogP contribution in [0.3, 0.4) is 0 Å². The molecule has 0 aliphatic carbocycles. The average molecular weight is 311 g/mol. The monoisotopic (exact) mass is 310 g/mol. The number of rotatable bonds is 4. The van der Waals surface area contributed by atoms with Crippen LogP contribution in [0.2, 0.25) is 5.02 Å². The maximum atomic E-state index is 13.6. The molecule has 0 radical (unpaired) electrons. The summed E-state index contributed by atoms with van der Waals surface area (Å²) < 4.78 is 27.0. The van der Waals surface area contributed by atoms with E-state index in [2.05, 4.69) is 10.6 Å². The van der Waals surface area contributed by atoms with Crippen LogP contribution in [0.25, 0.3) is 0 Å². The summed E-state index contributed by atoms with van der Waals surface area (Å²) in [6.07, 6.45) is 0. The Hall–Kier alpha value is -2.14. The fraction of sp³-hybridized carbons (Fsp3) is 0.133. The summed E-state index contributed by atoms with van der Waals surface area (Å²) in [5.41, 5.74) is 0.976. The van der Waals surface area contributed by atoms with E-state index in [0.29, 0.717) is 5.02 Å². The molecule has 21 heavy (non-hydrogen) atoms. The zero-order valence-electron chi connectivity index (χ0n) is 11.2. The van der Waals surface area contributed by atoms with Gasteiger partial charge in [-0.15, -0.1) is 0 Å². The maximum Gasteiger partial charge on any atom is 0.243 e. The fourth-order valence-corrected chi connectivity index (χ4v) is 1.90. The molecule has 0 heterocycles. The number of aryl methyl sites for hydroxylation is 1. The third-order valence-corrected chi connectivity index (χ3v) is 3.00. The minimum atomic E-state index is -0.589. The number of hydrogen-bond donors (Lipinski definition) is 2. The molecule has 2 N–H and O–H groups in total. The molecule has 0 aromatic heterocycles. The highest BCUT2D eigenvalue weighted by Gasteiger charge is 2.09. The van der Waals surface area contributed by atoms with Gasteiger partial charge >= 0.3 is 0 Å². The molecule has 2 aromatic carbocycles. The molecule has 2 aromatic rings. The van der Waals surface area contributed by atoms with Crippen molar-refractivity contribution in [1.29, 1.82) is 0 Å². The summed E-state index contributed by atoms with van der Waals surface area (Å²) in [5, 5.41) is 5.33. The highest BCUT2D eigenvalue weighted by Crippen LogP contribution is 2.19. The lowest BCUT2D eigenvalue weighted by molar-refractivity contribution is -0.114. The first-order chi connectivity index (χ1) is 9.95. The van der Waals surface area contributed by atoms with E-state index in [9.17, 15) is 13.6 Å². The van der Waals surface area contributed by atoms with E-state index in [1.165, 1.54) is 24.3 Å². The lowest BCUT2D eigenvalue weighted by Gasteiger charge is -2.10. The number of amides is 1. The number of hydrogen-bond acceptors (Lipinski definition) is 2. The minimum Gasteiger partial charge on any atom is -0.374 e. The summed E-state index contributed by atoms with van der Waals surface area (Å²) in [4.78, 5) is 11.7. The summed E-state index contributed by atoms with van der Waals surface area (Å²) >= 11 is 5.73. The highest BCUT2D eigenvalue weighted by molar-refractivity contribution is 6.30. The molecule has 0 spiro atoms. The van der Waals surface area contributed by atoms with Crippen molar-refractivity contribution in [2.75, 3.05) is 17.2 Å². The minimum absolute atomic E-state index is 0.0151. The Kier molecular flexibility index (Phi) is 4.75. The Morgan fingerprint density at radius 2 is 1.86 bits per heavy atom. The van der Waals surface area contributed by atoms with Gasteiger partial charge in [-0.3, -0.25) is 4.79 Å². The van der Waals surface area contributed by atoms with Gasteiger partial charge in [-0.05, 0) is 42.8 Å². The van der Waals surface area contributed by atoms with Crippen molar-refractivity contribution in [3.63, 3.8) is 0 Å². The lowest BCUT2D eigenvalue weighted by atomic mass is 10.2. The molecule has 0 unspecified atom stereocenters. The smallest absolute Gasteiger partial charge is 0.243 e. The molecule has 0 atom stereocenters. The van der Waals surface area contributed by atoms with Crippen molar-refractivity contribution in [2.24, 2.45) is 0 Å². The van der Waals surface area contributed by atoms with Gasteiger partial charge < -0.3 is 10.6 Å². The van der Waals surface area contributed by atoms with Crippen molar-refractivity contribution >= 4 is 28.9 Å². The van der Waals surface area contributed by atoms with Gasteiger partial charge in [0.15, 0.2) is 0 Å². The molecule has 0 aliphatic rings. The Labute approximate surface area is 125 Å². The second-order valence-electron chi connectivity index (χ2n) is 4.51. The summed E-state index contributed by atoms with van der Waals surface area (Å²) in [6.45, 7) is 1.58. The topological polar surface area (TPSA) is 41.1 Å². The highest BCUT2D eigenvalue weighted by atomic mass is 35.5. The molecule has 6 heteroatoms. The molecular formula is C15H13ClF2N2O. The zero-order valence-corrected chi connectivity index (χ0v) is 12.0. The fourth-order valence-electron chi connectivity index (χ4n) is 1.73. The lowest BCUT2D eigenvalue weighted by Crippen LogP contribution is -2.22. The Balaban J connectivity index is 1.97. The molecule has 0 saturated heterocycles. The van der Waals surface area contributed by atoms with Gasteiger partial charge in [-0.2, -0.15) is 0 Å². The van der Waals surface area contributed by atoms with Crippen LogP contribution in [0.15, 0.2) is 36.4 Å². The van der Waals surface area contributed by atoms with Crippen molar-refractivity contribution in [3.8, 4) is 0 Å². The Bertz CT molecular complexity index is 677. The number of anilines is 2. The molecule has 0 fully saturated rings. The normalized spacial score (nSPS) is 10.3. The van der Waals surface area contributed by atoms with Crippen LogP contribution >= 0.6 is 11.6 Å². The van der Waals surface area contributed by atoms with Gasteiger partial charge in [0.25, 0.3) is 0 Å². The summed E-state index contributed by atoms with van der Waals surface area (Å²) in [7, 11) is 0. The van der Waals surface area contributed by atoms with E-state index in [1.54, 1.807) is 13.0 Å². The van der Waals surface area contributed by atoms with Crippen LogP contribution in [-0.4, -0.2) is 12.5 Å². The summed E-state index contributed by atoms with van der Waals surface area (Å²) in [5.74, 6) is -1.54. The van der Waals surface area contributed by atoms with E-state index in [-0.39, 0.29) is 17.9 Å². The third kappa shape index (κ3) is 4.16. The number of carbonyl (C=O) groups is 1. The van der Waals surface area contributed by atoms with E-state index >= 15 is 0 Å². The van der Waals surface area contributed by atoms with Crippen molar-refractivity contribution < 1.29 is 13.6 Å². The quantitative estimate of drug-likeness (QED) is 0.897. The average Bonchev–Trinajstić information content (AvgIpc) is 2.42. The van der Waals surface area contributed by atoms with Crippen LogP contribution in [0.1, 0.15) is 5.56 Å². The van der Waals surface area contributed by atoms with Crippen molar-refractivity contribution in [3.05, 3.63) is 58.6 Å². The molecular weight excluding hydrogens is 298 g/mol. The standard InChI is InChI=1S/C15H13ClF2N2O/c1-9-2-5-13(12(18)6-9)19-8-15(21)20-14-7-10(16)3-4-11(14)17/h2-7,19H,8H2,1H3,(H,20,21). The maximum absolute atomic E-state index is 13.6. The number of carbonyl (C=O) groups excluding carboxylic acids is 1. The molecule has 110 valence electrons. The Morgan fingerprint density at radius 3 is 2.57 bits per heavy atom. The predicted molar refractivity (Wildman–Crippen MR) is 79.7 cm³/mol. The van der Waals surface area contributed by atoms with Crippen LogP contribution in [0.4, 0.5) is 20.2 Å². The van der Waals surface area contributed by atoms with Crippen LogP contribution in [0, 0.1) is 18.6 Å². The molecule has 0 bridgehead atoms. The van der Waals surface area contributed by atoms with Crippen LogP contribution < -0.4 is 10.6 Å². The number of nitrogens with one attached hydrogen (secondary N) is 2. The molecule has 1 amide bonds. The first-order valence-corrected chi connectivity index (χ1v) is 6.58. The van der Waals surface area contributed by atoms with Gasteiger partial charge in [-0.1, -0.05) is 17.7 Å². The molecule has 2 rings (SSSR count). The Morgan fingerprint density at radius 1 is 1.10 bits per heavy atom. The number of benzene rings is 2. The van der Waals surface area contributed by atoms with Gasteiger partial charge in [-0.25, -0.2) is 8.78 Å². The SMILES string of the molecule is Cc1ccc(NCC(=O)Nc2cc(Cl)ccc2F)c(F)c1. The zero-order chi connectivity index (χ0) is 15.4. The van der Waals surface area contributed by atoms with E-state index in [0.717, 1.165) is 11.6 Å². The van der Waals surface area contributed by atoms with Crippen molar-refractivity contribution in [1.82, 2.24) is 0 Å². The number of halogens is 3. The third-order valence-electron chi connectivity index (χ3n) is 2.77. The molecule has 0 aliphatic heterocycles. The first-order valence-electron chi connectivity index (χ1n) is 6.20. The van der Waals surface area contributed by atoms with Gasteiger partial charge in [0.1, 0.15) is 11.6 Å². The largest absolute Gasteiger partial charge is 0.374 e. The van der Waals surface area contributed by atoms with Gasteiger partial charge in [0, 0.05) is 5.02 Å². The molecule has 0 saturated carbocycles. The van der Waals surface area contributed by atoms with Crippen LogP contribution in [-0.2, 0) is 4.79 Å². The van der Waals surface area contributed by atoms with Crippen molar-refractivity contribution in [2.45, 2.75) is 6.92 Å². The summed E-state index contributed by atoms with van der Waals surface area (Å²) in [6, 6.07) is 8.47. The molecule has 3 nitrogen and oxygen atoms in total. The first kappa shape index (κ1) is 15.3. The van der Waals surface area contributed by atoms with Gasteiger partial charge in [0.05, 0.1) is 17.9 Å². The second-order valence-corrected chi connectivity index (χ2v) is 4.95. The van der Waals surface area contributed by atoms with Gasteiger partial charge in [0.2, 0.25) is 5.91 Å². The second kappa shape index (κ2) is 6.54.